The second-order valence-corrected chi connectivity index (χ2v) is 9.31. The molecule has 1 aromatic rings. The van der Waals surface area contributed by atoms with Crippen LogP contribution in [0.5, 0.6) is 0 Å². The van der Waals surface area contributed by atoms with Crippen LogP contribution >= 0.6 is 0 Å². The lowest BCUT2D eigenvalue weighted by Gasteiger charge is -2.56. The first kappa shape index (κ1) is 16.5. The molecule has 0 saturated heterocycles. The van der Waals surface area contributed by atoms with Gasteiger partial charge in [-0.25, -0.2) is 0 Å². The van der Waals surface area contributed by atoms with Gasteiger partial charge < -0.3 is 5.11 Å². The van der Waals surface area contributed by atoms with Gasteiger partial charge in [0.05, 0.1) is 6.10 Å². The van der Waals surface area contributed by atoms with E-state index in [1.54, 1.807) is 0 Å². The van der Waals surface area contributed by atoms with Gasteiger partial charge in [-0.2, -0.15) is 0 Å². The molecule has 6 atom stereocenters. The number of hydrogen-bond donors (Lipinski definition) is 1. The monoisotopic (exact) mass is 347 g/mol. The van der Waals surface area contributed by atoms with Gasteiger partial charge in [0.15, 0.2) is 0 Å². The van der Waals surface area contributed by atoms with E-state index in [2.05, 4.69) is 49.2 Å². The Morgan fingerprint density at radius 3 is 2.85 bits per heavy atom. The minimum absolute atomic E-state index is 0.153. The molecule has 0 amide bonds. The molecular formula is C24H29NO. The van der Waals surface area contributed by atoms with Gasteiger partial charge >= 0.3 is 0 Å². The van der Waals surface area contributed by atoms with Gasteiger partial charge in [-0.15, -0.1) is 0 Å². The highest BCUT2D eigenvalue weighted by molar-refractivity contribution is 5.72. The third-order valence-electron chi connectivity index (χ3n) is 8.18. The molecule has 1 heterocycles. The van der Waals surface area contributed by atoms with E-state index in [0.29, 0.717) is 5.92 Å². The molecule has 2 heteroatoms. The maximum atomic E-state index is 10.1. The molecule has 0 spiro atoms. The van der Waals surface area contributed by atoms with Gasteiger partial charge in [0.1, 0.15) is 0 Å². The average Bonchev–Trinajstić information content (AvgIpc) is 3.00. The van der Waals surface area contributed by atoms with Gasteiger partial charge in [0.25, 0.3) is 0 Å². The molecule has 1 N–H and O–H groups in total. The number of hydrogen-bond acceptors (Lipinski definition) is 2. The van der Waals surface area contributed by atoms with Crippen molar-refractivity contribution < 1.29 is 5.11 Å². The van der Waals surface area contributed by atoms with E-state index in [1.165, 1.54) is 42.4 Å². The molecule has 4 aliphatic rings. The predicted octanol–water partition coefficient (Wildman–Crippen LogP) is 5.17. The highest BCUT2D eigenvalue weighted by Gasteiger charge is 2.56. The van der Waals surface area contributed by atoms with Crippen LogP contribution < -0.4 is 0 Å². The number of nitrogens with zero attached hydrogens (tertiary/aromatic N) is 1. The van der Waals surface area contributed by atoms with Crippen molar-refractivity contribution in [3.8, 4) is 0 Å². The normalized spacial score (nSPS) is 43.8. The minimum atomic E-state index is -0.287. The Balaban J connectivity index is 1.49. The van der Waals surface area contributed by atoms with Crippen LogP contribution in [0, 0.1) is 28.6 Å². The Morgan fingerprint density at radius 2 is 2.04 bits per heavy atom. The highest BCUT2D eigenvalue weighted by atomic mass is 16.3. The lowest BCUT2D eigenvalue weighted by molar-refractivity contribution is 0.0127. The molecule has 136 valence electrons. The summed E-state index contributed by atoms with van der Waals surface area (Å²) < 4.78 is 0. The van der Waals surface area contributed by atoms with Gasteiger partial charge in [0, 0.05) is 17.8 Å². The largest absolute Gasteiger partial charge is 0.389 e. The SMILES string of the molecule is C[C@]12C=CC(O)CC1=CC[C@@H]1[C@H]2CC[C@]2(C)C(c3cccnc3)=CC[C@@H]12. The van der Waals surface area contributed by atoms with Crippen molar-refractivity contribution in [3.63, 3.8) is 0 Å². The number of rotatable bonds is 1. The van der Waals surface area contributed by atoms with Crippen LogP contribution in [-0.4, -0.2) is 16.2 Å². The Labute approximate surface area is 156 Å². The Morgan fingerprint density at radius 1 is 1.15 bits per heavy atom. The van der Waals surface area contributed by atoms with Crippen LogP contribution in [0.2, 0.25) is 0 Å². The zero-order chi connectivity index (χ0) is 17.9. The standard InChI is InChI=1S/C24H29NO/c1-23-11-9-18(26)14-17(23)5-6-19-21-8-7-20(16-4-3-13-25-15-16)24(21,2)12-10-22(19)23/h3-5,7,9,11,13,15,18-19,21-22,26H,6,8,10,12,14H2,1-2H3/t18?,19-,21-,22+,23-,24+/m0/s1. The van der Waals surface area contributed by atoms with E-state index in [-0.39, 0.29) is 16.9 Å². The molecule has 1 fully saturated rings. The van der Waals surface area contributed by atoms with Crippen molar-refractivity contribution in [1.82, 2.24) is 4.98 Å². The first-order valence-electron chi connectivity index (χ1n) is 10.2. The van der Waals surface area contributed by atoms with Gasteiger partial charge in [-0.05, 0) is 72.5 Å². The topological polar surface area (TPSA) is 33.1 Å². The Hall–Kier alpha value is -1.67. The molecule has 0 radical (unpaired) electrons. The predicted molar refractivity (Wildman–Crippen MR) is 105 cm³/mol. The molecule has 0 bridgehead atoms. The van der Waals surface area contributed by atoms with Crippen molar-refractivity contribution in [1.29, 1.82) is 0 Å². The first-order chi connectivity index (χ1) is 12.5. The molecule has 5 rings (SSSR count). The zero-order valence-corrected chi connectivity index (χ0v) is 15.9. The van der Waals surface area contributed by atoms with E-state index in [0.717, 1.165) is 18.3 Å². The minimum Gasteiger partial charge on any atom is -0.389 e. The van der Waals surface area contributed by atoms with Crippen molar-refractivity contribution in [2.24, 2.45) is 28.6 Å². The smallest absolute Gasteiger partial charge is 0.0758 e. The van der Waals surface area contributed by atoms with Crippen LogP contribution in [0.15, 0.2) is 54.4 Å². The number of aliphatic hydroxyl groups is 1. The fraction of sp³-hybridized carbons (Fsp3) is 0.542. The molecule has 0 aliphatic heterocycles. The lowest BCUT2D eigenvalue weighted by Crippen LogP contribution is -2.48. The number of fused-ring (bicyclic) bond motifs is 5. The quantitative estimate of drug-likeness (QED) is 0.711. The van der Waals surface area contributed by atoms with Crippen LogP contribution in [0.4, 0.5) is 0 Å². The molecule has 1 saturated carbocycles. The van der Waals surface area contributed by atoms with Gasteiger partial charge in [-0.1, -0.05) is 49.8 Å². The first-order valence-corrected chi connectivity index (χ1v) is 10.2. The van der Waals surface area contributed by atoms with E-state index < -0.39 is 0 Å². The van der Waals surface area contributed by atoms with E-state index in [9.17, 15) is 5.11 Å². The fourth-order valence-electron chi connectivity index (χ4n) is 6.77. The summed E-state index contributed by atoms with van der Waals surface area (Å²) in [5, 5.41) is 10.1. The zero-order valence-electron chi connectivity index (χ0n) is 15.9. The van der Waals surface area contributed by atoms with Gasteiger partial charge in [-0.3, -0.25) is 4.98 Å². The van der Waals surface area contributed by atoms with Crippen molar-refractivity contribution >= 4 is 5.57 Å². The van der Waals surface area contributed by atoms with Crippen LogP contribution in [0.3, 0.4) is 0 Å². The Kier molecular flexibility index (Phi) is 3.59. The lowest BCUT2D eigenvalue weighted by atomic mass is 9.48. The number of pyridine rings is 1. The van der Waals surface area contributed by atoms with Crippen LogP contribution in [0.1, 0.15) is 51.5 Å². The number of aliphatic hydroxyl groups excluding tert-OH is 1. The number of allylic oxidation sites excluding steroid dienone is 4. The average molecular weight is 348 g/mol. The van der Waals surface area contributed by atoms with E-state index >= 15 is 0 Å². The van der Waals surface area contributed by atoms with Crippen LogP contribution in [-0.2, 0) is 0 Å². The molecule has 1 aromatic heterocycles. The van der Waals surface area contributed by atoms with Crippen molar-refractivity contribution in [2.45, 2.75) is 52.1 Å². The van der Waals surface area contributed by atoms with Crippen molar-refractivity contribution in [2.75, 3.05) is 0 Å². The summed E-state index contributed by atoms with van der Waals surface area (Å²) in [4.78, 5) is 4.37. The second kappa shape index (κ2) is 5.66. The van der Waals surface area contributed by atoms with Crippen LogP contribution in [0.25, 0.3) is 5.57 Å². The molecule has 2 nitrogen and oxygen atoms in total. The van der Waals surface area contributed by atoms with Gasteiger partial charge in [0.2, 0.25) is 0 Å². The molecule has 4 aliphatic carbocycles. The third kappa shape index (κ3) is 2.18. The number of aromatic nitrogens is 1. The summed E-state index contributed by atoms with van der Waals surface area (Å²) in [6, 6.07) is 4.29. The highest BCUT2D eigenvalue weighted by Crippen LogP contribution is 2.65. The summed E-state index contributed by atoms with van der Waals surface area (Å²) in [5.74, 6) is 2.19. The maximum absolute atomic E-state index is 10.1. The molecule has 1 unspecified atom stereocenters. The summed E-state index contributed by atoms with van der Waals surface area (Å²) in [5.41, 5.74) is 4.76. The second-order valence-electron chi connectivity index (χ2n) is 9.31. The molecule has 0 aromatic carbocycles. The summed E-state index contributed by atoms with van der Waals surface area (Å²) in [6.07, 6.45) is 18.7. The van der Waals surface area contributed by atoms with E-state index in [4.69, 9.17) is 0 Å². The maximum Gasteiger partial charge on any atom is 0.0758 e. The van der Waals surface area contributed by atoms with Crippen molar-refractivity contribution in [3.05, 3.63) is 60.0 Å². The van der Waals surface area contributed by atoms with E-state index in [1.807, 2.05) is 18.5 Å². The summed E-state index contributed by atoms with van der Waals surface area (Å²) in [7, 11) is 0. The summed E-state index contributed by atoms with van der Waals surface area (Å²) in [6.45, 7) is 4.92. The third-order valence-corrected chi connectivity index (χ3v) is 8.18. The Bertz CT molecular complexity index is 807. The summed E-state index contributed by atoms with van der Waals surface area (Å²) >= 11 is 0. The fourth-order valence-corrected chi connectivity index (χ4v) is 6.77. The molecular weight excluding hydrogens is 318 g/mol. The molecule has 26 heavy (non-hydrogen) atoms.